The summed E-state index contributed by atoms with van der Waals surface area (Å²) in [6, 6.07) is 8.74. The number of amides is 1. The predicted octanol–water partition coefficient (Wildman–Crippen LogP) is 3.13. The van der Waals surface area contributed by atoms with Crippen molar-refractivity contribution in [3.8, 4) is 0 Å². The molecule has 8 heteroatoms. The van der Waals surface area contributed by atoms with E-state index >= 15 is 0 Å². The Hall–Kier alpha value is -1.54. The normalized spacial score (nSPS) is 24.5. The van der Waals surface area contributed by atoms with Gasteiger partial charge in [0.1, 0.15) is 6.61 Å². The Bertz CT molecular complexity index is 614. The fourth-order valence-electron chi connectivity index (χ4n) is 2.50. The summed E-state index contributed by atoms with van der Waals surface area (Å²) in [6.07, 6.45) is -3.30. The standard InChI is InChI=1S/C17H24F2N2O3S/c1-16(2,3)25(23)21-17(14(18)19)9-13(10-17)20-15(22)24-11-12-7-5-4-6-8-12/h4-8,13-14,21H,9-11H2,1-3H3,(H,20,22). The van der Waals surface area contributed by atoms with Crippen LogP contribution in [0.3, 0.4) is 0 Å². The van der Waals surface area contributed by atoms with Crippen molar-refractivity contribution < 1.29 is 22.5 Å². The molecular weight excluding hydrogens is 350 g/mol. The van der Waals surface area contributed by atoms with Gasteiger partial charge in [0.25, 0.3) is 6.43 Å². The summed E-state index contributed by atoms with van der Waals surface area (Å²) >= 11 is 0. The SMILES string of the molecule is CC(C)(C)S(=O)NC1(C(F)F)CC(NC(=O)OCc2ccccc2)C1. The summed E-state index contributed by atoms with van der Waals surface area (Å²) in [7, 11) is -1.61. The Morgan fingerprint density at radius 1 is 1.32 bits per heavy atom. The van der Waals surface area contributed by atoms with Crippen molar-refractivity contribution in [2.24, 2.45) is 0 Å². The van der Waals surface area contributed by atoms with Gasteiger partial charge in [0.2, 0.25) is 0 Å². The zero-order chi connectivity index (χ0) is 18.7. The molecule has 0 saturated heterocycles. The number of rotatable bonds is 6. The zero-order valence-electron chi connectivity index (χ0n) is 14.6. The lowest BCUT2D eigenvalue weighted by Crippen LogP contribution is -2.67. The van der Waals surface area contributed by atoms with E-state index in [1.807, 2.05) is 30.3 Å². The van der Waals surface area contributed by atoms with Crippen LogP contribution in [0.2, 0.25) is 0 Å². The number of carbonyl (C=O) groups excluding carboxylic acids is 1. The molecule has 0 bridgehead atoms. The quantitative estimate of drug-likeness (QED) is 0.804. The van der Waals surface area contributed by atoms with Crippen molar-refractivity contribution in [3.63, 3.8) is 0 Å². The maximum Gasteiger partial charge on any atom is 0.407 e. The third-order valence-corrected chi connectivity index (χ3v) is 5.73. The summed E-state index contributed by atoms with van der Waals surface area (Å²) in [5, 5.41) is 2.57. The molecule has 1 fully saturated rings. The lowest BCUT2D eigenvalue weighted by molar-refractivity contribution is -0.0207. The molecule has 140 valence electrons. The highest BCUT2D eigenvalue weighted by Gasteiger charge is 2.53. The van der Waals surface area contributed by atoms with Crippen LogP contribution in [0.4, 0.5) is 13.6 Å². The third kappa shape index (κ3) is 5.22. The van der Waals surface area contributed by atoms with Crippen LogP contribution in [0, 0.1) is 0 Å². The molecule has 0 aliphatic heterocycles. The molecule has 2 N–H and O–H groups in total. The molecule has 1 saturated carbocycles. The molecule has 0 heterocycles. The summed E-state index contributed by atoms with van der Waals surface area (Å²) in [5.74, 6) is 0. The lowest BCUT2D eigenvalue weighted by Gasteiger charge is -2.47. The first kappa shape index (κ1) is 19.8. The van der Waals surface area contributed by atoms with E-state index in [-0.39, 0.29) is 19.4 Å². The molecule has 0 spiro atoms. The molecule has 1 aliphatic carbocycles. The highest BCUT2D eigenvalue weighted by molar-refractivity contribution is 7.84. The van der Waals surface area contributed by atoms with Gasteiger partial charge in [-0.3, -0.25) is 0 Å². The second-order valence-corrected chi connectivity index (χ2v) is 9.22. The molecule has 1 aromatic carbocycles. The number of benzene rings is 1. The first-order chi connectivity index (χ1) is 11.6. The molecule has 0 aromatic heterocycles. The van der Waals surface area contributed by atoms with Gasteiger partial charge in [-0.15, -0.1) is 0 Å². The van der Waals surface area contributed by atoms with Crippen molar-refractivity contribution in [2.45, 2.75) is 63.0 Å². The summed E-state index contributed by atoms with van der Waals surface area (Å²) in [5.41, 5.74) is -0.689. The molecule has 1 atom stereocenters. The van der Waals surface area contributed by atoms with Crippen LogP contribution in [0.1, 0.15) is 39.2 Å². The first-order valence-corrected chi connectivity index (χ1v) is 9.22. The molecule has 5 nitrogen and oxygen atoms in total. The number of nitrogens with one attached hydrogen (secondary N) is 2. The second kappa shape index (κ2) is 7.78. The van der Waals surface area contributed by atoms with Gasteiger partial charge in [-0.2, -0.15) is 0 Å². The topological polar surface area (TPSA) is 67.4 Å². The highest BCUT2D eigenvalue weighted by Crippen LogP contribution is 2.38. The van der Waals surface area contributed by atoms with Gasteiger partial charge in [0, 0.05) is 6.04 Å². The van der Waals surface area contributed by atoms with E-state index in [0.717, 1.165) is 5.56 Å². The average Bonchev–Trinajstić information content (AvgIpc) is 2.50. The molecular formula is C17H24F2N2O3S. The van der Waals surface area contributed by atoms with Crippen molar-refractivity contribution in [1.82, 2.24) is 10.0 Å². The summed E-state index contributed by atoms with van der Waals surface area (Å²) in [6.45, 7) is 5.26. The number of alkyl halides is 2. The van der Waals surface area contributed by atoms with Gasteiger partial charge in [-0.25, -0.2) is 22.5 Å². The minimum Gasteiger partial charge on any atom is -0.445 e. The maximum atomic E-state index is 13.4. The summed E-state index contributed by atoms with van der Waals surface area (Å²) in [4.78, 5) is 11.8. The molecule has 1 aromatic rings. The molecule has 25 heavy (non-hydrogen) atoms. The van der Waals surface area contributed by atoms with Crippen LogP contribution in [-0.2, 0) is 22.3 Å². The second-order valence-electron chi connectivity index (χ2n) is 7.25. The minimum absolute atomic E-state index is 0.00687. The molecule has 0 radical (unpaired) electrons. The fourth-order valence-corrected chi connectivity index (χ4v) is 3.43. The Morgan fingerprint density at radius 3 is 2.44 bits per heavy atom. The van der Waals surface area contributed by atoms with E-state index in [0.29, 0.717) is 0 Å². The smallest absolute Gasteiger partial charge is 0.407 e. The van der Waals surface area contributed by atoms with Crippen molar-refractivity contribution >= 4 is 17.1 Å². The van der Waals surface area contributed by atoms with Gasteiger partial charge in [-0.05, 0) is 39.2 Å². The number of ether oxygens (including phenoxy) is 1. The Kier molecular flexibility index (Phi) is 6.16. The molecule has 1 aliphatic rings. The van der Waals surface area contributed by atoms with E-state index in [2.05, 4.69) is 10.0 Å². The largest absolute Gasteiger partial charge is 0.445 e. The number of hydrogen-bond donors (Lipinski definition) is 2. The van der Waals surface area contributed by atoms with Gasteiger partial charge in [0.05, 0.1) is 21.3 Å². The predicted molar refractivity (Wildman–Crippen MR) is 92.6 cm³/mol. The molecule has 2 rings (SSSR count). The lowest BCUT2D eigenvalue weighted by atomic mass is 9.73. The number of alkyl carbamates (subject to hydrolysis) is 1. The van der Waals surface area contributed by atoms with Gasteiger partial charge < -0.3 is 10.1 Å². The first-order valence-electron chi connectivity index (χ1n) is 8.07. The number of carbonyl (C=O) groups is 1. The Balaban J connectivity index is 1.82. The fraction of sp³-hybridized carbons (Fsp3) is 0.588. The number of halogens is 2. The van der Waals surface area contributed by atoms with Crippen LogP contribution in [-0.4, -0.2) is 33.1 Å². The van der Waals surface area contributed by atoms with Crippen LogP contribution in [0.5, 0.6) is 0 Å². The van der Waals surface area contributed by atoms with Crippen LogP contribution in [0.15, 0.2) is 30.3 Å². The van der Waals surface area contributed by atoms with Gasteiger partial charge >= 0.3 is 6.09 Å². The van der Waals surface area contributed by atoms with Gasteiger partial charge in [0.15, 0.2) is 0 Å². The van der Waals surface area contributed by atoms with Crippen LogP contribution >= 0.6 is 0 Å². The third-order valence-electron chi connectivity index (χ3n) is 4.03. The van der Waals surface area contributed by atoms with Crippen LogP contribution in [0.25, 0.3) is 0 Å². The zero-order valence-corrected chi connectivity index (χ0v) is 15.4. The number of hydrogen-bond acceptors (Lipinski definition) is 3. The summed E-state index contributed by atoms with van der Waals surface area (Å²) < 4.78 is 46.0. The van der Waals surface area contributed by atoms with Gasteiger partial charge in [-0.1, -0.05) is 30.3 Å². The van der Waals surface area contributed by atoms with E-state index in [1.165, 1.54) is 0 Å². The Labute approximate surface area is 149 Å². The van der Waals surface area contributed by atoms with E-state index < -0.39 is 39.8 Å². The minimum atomic E-state index is -2.67. The molecule has 1 unspecified atom stereocenters. The van der Waals surface area contributed by atoms with E-state index in [4.69, 9.17) is 4.74 Å². The van der Waals surface area contributed by atoms with Crippen molar-refractivity contribution in [1.29, 1.82) is 0 Å². The monoisotopic (exact) mass is 374 g/mol. The molecule has 1 amide bonds. The highest BCUT2D eigenvalue weighted by atomic mass is 32.2. The average molecular weight is 374 g/mol. The Morgan fingerprint density at radius 2 is 1.92 bits per heavy atom. The maximum absolute atomic E-state index is 13.4. The van der Waals surface area contributed by atoms with Crippen molar-refractivity contribution in [3.05, 3.63) is 35.9 Å². The van der Waals surface area contributed by atoms with Crippen molar-refractivity contribution in [2.75, 3.05) is 0 Å². The van der Waals surface area contributed by atoms with Crippen LogP contribution < -0.4 is 10.0 Å². The van der Waals surface area contributed by atoms with E-state index in [9.17, 15) is 17.8 Å². The van der Waals surface area contributed by atoms with E-state index in [1.54, 1.807) is 20.8 Å².